The number of nitrogens with one attached hydrogen (secondary N) is 1. The van der Waals surface area contributed by atoms with Gasteiger partial charge in [-0.25, -0.2) is 8.42 Å². The molecule has 156 valence electrons. The van der Waals surface area contributed by atoms with Gasteiger partial charge in [0.25, 0.3) is 0 Å². The minimum Gasteiger partial charge on any atom is -0.486 e. The van der Waals surface area contributed by atoms with Gasteiger partial charge in [-0.1, -0.05) is 23.7 Å². The number of fused-ring (bicyclic) bond motifs is 1. The Morgan fingerprint density at radius 3 is 2.55 bits per heavy atom. The van der Waals surface area contributed by atoms with E-state index in [1.165, 1.54) is 4.31 Å². The Kier molecular flexibility index (Phi) is 6.87. The van der Waals surface area contributed by atoms with E-state index in [0.717, 1.165) is 6.26 Å². The fourth-order valence-corrected chi connectivity index (χ4v) is 4.05. The first kappa shape index (κ1) is 21.3. The lowest BCUT2D eigenvalue weighted by Gasteiger charge is -2.26. The lowest BCUT2D eigenvalue weighted by molar-refractivity contribution is -0.121. The van der Waals surface area contributed by atoms with Gasteiger partial charge in [0.2, 0.25) is 15.9 Å². The highest BCUT2D eigenvalue weighted by Gasteiger charge is 2.21. The Labute approximate surface area is 175 Å². The number of hydrogen-bond donors (Lipinski definition) is 1. The fourth-order valence-electron chi connectivity index (χ4n) is 2.96. The van der Waals surface area contributed by atoms with Gasteiger partial charge < -0.3 is 14.8 Å². The van der Waals surface area contributed by atoms with Crippen LogP contribution in [0.5, 0.6) is 11.5 Å². The van der Waals surface area contributed by atoms with E-state index in [1.54, 1.807) is 24.3 Å². The monoisotopic (exact) mass is 438 g/mol. The zero-order valence-electron chi connectivity index (χ0n) is 16.0. The summed E-state index contributed by atoms with van der Waals surface area (Å²) >= 11 is 5.86. The molecule has 7 nitrogen and oxygen atoms in total. The van der Waals surface area contributed by atoms with Gasteiger partial charge in [0.1, 0.15) is 12.7 Å². The Bertz CT molecular complexity index is 950. The lowest BCUT2D eigenvalue weighted by Crippen LogP contribution is -2.41. The molecule has 9 heteroatoms. The molecule has 2 aromatic rings. The van der Waals surface area contributed by atoms with Crippen molar-refractivity contribution in [3.05, 3.63) is 53.6 Å². The molecule has 1 unspecified atom stereocenters. The van der Waals surface area contributed by atoms with Crippen LogP contribution in [-0.2, 0) is 14.8 Å². The Hall–Kier alpha value is -2.45. The molecule has 1 heterocycles. The molecule has 1 amide bonds. The number of sulfonamides is 1. The van der Waals surface area contributed by atoms with E-state index in [4.69, 9.17) is 21.1 Å². The summed E-state index contributed by atoms with van der Waals surface area (Å²) in [6.07, 6.45) is 1.45. The third-order valence-corrected chi connectivity index (χ3v) is 5.82. The van der Waals surface area contributed by atoms with Gasteiger partial charge in [0, 0.05) is 18.0 Å². The maximum atomic E-state index is 12.2. The van der Waals surface area contributed by atoms with Crippen LogP contribution in [0.4, 0.5) is 5.69 Å². The first-order chi connectivity index (χ1) is 13.8. The van der Waals surface area contributed by atoms with Gasteiger partial charge in [-0.05, 0) is 42.8 Å². The first-order valence-electron chi connectivity index (χ1n) is 9.21. The number of hydrogen-bond acceptors (Lipinski definition) is 5. The molecule has 0 bridgehead atoms. The van der Waals surface area contributed by atoms with Gasteiger partial charge in [-0.3, -0.25) is 9.10 Å². The summed E-state index contributed by atoms with van der Waals surface area (Å²) in [7, 11) is -3.46. The minimum atomic E-state index is -3.46. The third-order valence-electron chi connectivity index (χ3n) is 4.37. The Balaban J connectivity index is 1.45. The molecule has 0 spiro atoms. The van der Waals surface area contributed by atoms with Crippen LogP contribution in [-0.4, -0.2) is 46.4 Å². The first-order valence-corrected chi connectivity index (χ1v) is 11.4. The molecular weight excluding hydrogens is 416 g/mol. The summed E-state index contributed by atoms with van der Waals surface area (Å²) in [6.45, 7) is 0.875. The summed E-state index contributed by atoms with van der Waals surface area (Å²) in [4.78, 5) is 12.2. The number of para-hydroxylation sites is 2. The number of amides is 1. The molecule has 0 saturated carbocycles. The van der Waals surface area contributed by atoms with Gasteiger partial charge in [-0.15, -0.1) is 0 Å². The average Bonchev–Trinajstić information content (AvgIpc) is 2.69. The highest BCUT2D eigenvalue weighted by molar-refractivity contribution is 7.92. The molecule has 0 aromatic heterocycles. The van der Waals surface area contributed by atoms with E-state index >= 15 is 0 Å². The number of carbonyl (C=O) groups is 1. The zero-order valence-corrected chi connectivity index (χ0v) is 17.6. The lowest BCUT2D eigenvalue weighted by atomic mass is 10.2. The number of nitrogens with zero attached hydrogens (tertiary/aromatic N) is 1. The van der Waals surface area contributed by atoms with Crippen molar-refractivity contribution in [3.8, 4) is 11.5 Å². The van der Waals surface area contributed by atoms with Crippen LogP contribution < -0.4 is 19.1 Å². The van der Waals surface area contributed by atoms with Gasteiger partial charge in [0.05, 0.1) is 18.5 Å². The highest BCUT2D eigenvalue weighted by atomic mass is 35.5. The van der Waals surface area contributed by atoms with E-state index in [1.807, 2.05) is 24.3 Å². The Morgan fingerprint density at radius 1 is 1.17 bits per heavy atom. The van der Waals surface area contributed by atoms with Gasteiger partial charge in [0.15, 0.2) is 11.5 Å². The van der Waals surface area contributed by atoms with Crippen LogP contribution in [0.3, 0.4) is 0 Å². The van der Waals surface area contributed by atoms with E-state index < -0.39 is 10.0 Å². The van der Waals surface area contributed by atoms with Gasteiger partial charge >= 0.3 is 0 Å². The van der Waals surface area contributed by atoms with Gasteiger partial charge in [-0.2, -0.15) is 0 Å². The van der Waals surface area contributed by atoms with E-state index in [-0.39, 0.29) is 25.0 Å². The van der Waals surface area contributed by atoms with Crippen molar-refractivity contribution in [2.75, 3.05) is 30.3 Å². The number of rotatable bonds is 8. The smallest absolute Gasteiger partial charge is 0.232 e. The second-order valence-corrected chi connectivity index (χ2v) is 9.06. The third kappa shape index (κ3) is 6.01. The second kappa shape index (κ2) is 9.37. The molecule has 1 aliphatic heterocycles. The second-order valence-electron chi connectivity index (χ2n) is 6.72. The largest absolute Gasteiger partial charge is 0.486 e. The predicted octanol–water partition coefficient (Wildman–Crippen LogP) is 2.84. The van der Waals surface area contributed by atoms with Crippen LogP contribution in [0.1, 0.15) is 12.8 Å². The number of benzene rings is 2. The summed E-state index contributed by atoms with van der Waals surface area (Å²) in [5.41, 5.74) is 0.517. The van der Waals surface area contributed by atoms with Crippen molar-refractivity contribution in [3.63, 3.8) is 0 Å². The van der Waals surface area contributed by atoms with E-state index in [9.17, 15) is 13.2 Å². The quantitative estimate of drug-likeness (QED) is 0.685. The fraction of sp³-hybridized carbons (Fsp3) is 0.350. The standard InChI is InChI=1S/C20H23ClN2O5S/c1-29(25,26)23(16-10-8-15(21)9-11-16)12-4-7-20(24)22-13-17-14-27-18-5-2-3-6-19(18)28-17/h2-3,5-6,8-11,17H,4,7,12-14H2,1H3,(H,22,24). The maximum absolute atomic E-state index is 12.2. The maximum Gasteiger partial charge on any atom is 0.232 e. The summed E-state index contributed by atoms with van der Waals surface area (Å²) in [6, 6.07) is 13.9. The average molecular weight is 439 g/mol. The van der Waals surface area contributed by atoms with Crippen LogP contribution in [0.25, 0.3) is 0 Å². The Morgan fingerprint density at radius 2 is 1.86 bits per heavy atom. The molecular formula is C20H23ClN2O5S. The van der Waals surface area contributed by atoms with Crippen molar-refractivity contribution < 1.29 is 22.7 Å². The molecule has 0 fully saturated rings. The number of carbonyl (C=O) groups excluding carboxylic acids is 1. The number of ether oxygens (including phenoxy) is 2. The van der Waals surface area contributed by atoms with Crippen LogP contribution in [0.2, 0.25) is 5.02 Å². The van der Waals surface area contributed by atoms with Crippen molar-refractivity contribution in [1.29, 1.82) is 0 Å². The van der Waals surface area contributed by atoms with Crippen molar-refractivity contribution in [2.45, 2.75) is 18.9 Å². The van der Waals surface area contributed by atoms with Crippen molar-refractivity contribution in [2.24, 2.45) is 0 Å². The van der Waals surface area contributed by atoms with Crippen molar-refractivity contribution in [1.82, 2.24) is 5.32 Å². The molecule has 0 saturated heterocycles. The molecule has 2 aromatic carbocycles. The molecule has 1 N–H and O–H groups in total. The van der Waals surface area contributed by atoms with E-state index in [0.29, 0.717) is 41.8 Å². The van der Waals surface area contributed by atoms with Crippen LogP contribution >= 0.6 is 11.6 Å². The zero-order chi connectivity index (χ0) is 20.9. The van der Waals surface area contributed by atoms with Crippen molar-refractivity contribution >= 4 is 33.2 Å². The summed E-state index contributed by atoms with van der Waals surface area (Å²) in [5, 5.41) is 3.34. The minimum absolute atomic E-state index is 0.169. The normalized spacial score (nSPS) is 15.6. The van der Waals surface area contributed by atoms with Crippen LogP contribution in [0, 0.1) is 0 Å². The number of anilines is 1. The molecule has 0 radical (unpaired) electrons. The molecule has 1 aliphatic rings. The summed E-state index contributed by atoms with van der Waals surface area (Å²) in [5.74, 6) is 1.18. The number of halogens is 1. The predicted molar refractivity (Wildman–Crippen MR) is 112 cm³/mol. The molecule has 3 rings (SSSR count). The van der Waals surface area contributed by atoms with Crippen LogP contribution in [0.15, 0.2) is 48.5 Å². The molecule has 29 heavy (non-hydrogen) atoms. The SMILES string of the molecule is CS(=O)(=O)N(CCCC(=O)NCC1COc2ccccc2O1)c1ccc(Cl)cc1. The molecule has 0 aliphatic carbocycles. The topological polar surface area (TPSA) is 84.9 Å². The molecule has 1 atom stereocenters. The highest BCUT2D eigenvalue weighted by Crippen LogP contribution is 2.30. The van der Waals surface area contributed by atoms with E-state index in [2.05, 4.69) is 5.32 Å². The summed E-state index contributed by atoms with van der Waals surface area (Å²) < 4.78 is 36.9.